The smallest absolute Gasteiger partial charge is 0.261 e. The molecule has 1 amide bonds. The van der Waals surface area contributed by atoms with Crippen LogP contribution in [0.25, 0.3) is 5.69 Å². The first kappa shape index (κ1) is 20.8. The van der Waals surface area contributed by atoms with Crippen LogP contribution in [0.4, 0.5) is 11.4 Å². The van der Waals surface area contributed by atoms with E-state index in [-0.39, 0.29) is 10.8 Å². The summed E-state index contributed by atoms with van der Waals surface area (Å²) in [4.78, 5) is 17.0. The largest absolute Gasteiger partial charge is 0.320 e. The second-order valence-corrected chi connectivity index (χ2v) is 9.18. The lowest BCUT2D eigenvalue weighted by Crippen LogP contribution is -2.16. The molecule has 3 aromatic carbocycles. The molecule has 1 aromatic heterocycles. The van der Waals surface area contributed by atoms with E-state index in [4.69, 9.17) is 0 Å². The van der Waals surface area contributed by atoms with Crippen LogP contribution in [0.15, 0.2) is 101 Å². The van der Waals surface area contributed by atoms with Crippen LogP contribution in [0, 0.1) is 0 Å². The Morgan fingerprint density at radius 1 is 0.968 bits per heavy atom. The Kier molecular flexibility index (Phi) is 5.88. The van der Waals surface area contributed by atoms with Crippen LogP contribution in [0.1, 0.15) is 10.4 Å². The number of amides is 1. The van der Waals surface area contributed by atoms with Gasteiger partial charge in [-0.1, -0.05) is 34.1 Å². The number of para-hydroxylation sites is 2. The Bertz CT molecular complexity index is 1320. The number of carbonyl (C=O) groups is 1. The minimum absolute atomic E-state index is 0.125. The maximum absolute atomic E-state index is 12.8. The molecule has 0 radical (unpaired) electrons. The summed E-state index contributed by atoms with van der Waals surface area (Å²) in [5.74, 6) is -0.364. The zero-order chi connectivity index (χ0) is 21.8. The van der Waals surface area contributed by atoms with E-state index < -0.39 is 10.0 Å². The minimum Gasteiger partial charge on any atom is -0.320 e. The Morgan fingerprint density at radius 2 is 1.74 bits per heavy atom. The van der Waals surface area contributed by atoms with E-state index in [1.54, 1.807) is 59.7 Å². The lowest BCUT2D eigenvalue weighted by atomic mass is 10.2. The van der Waals surface area contributed by atoms with Gasteiger partial charge in [-0.3, -0.25) is 9.52 Å². The summed E-state index contributed by atoms with van der Waals surface area (Å²) in [5.41, 5.74) is 1.97. The average Bonchev–Trinajstić information content (AvgIpc) is 3.29. The Balaban J connectivity index is 1.55. The number of hydrogen-bond acceptors (Lipinski definition) is 4. The standard InChI is InChI=1S/C22H17BrN4O3S/c23-17-8-10-19(11-9-17)31(29,30)26-18-5-3-4-16(14-18)22(28)25-20-6-1-2-7-21(20)27-13-12-24-15-27/h1-15,26H,(H,25,28). The van der Waals surface area contributed by atoms with Crippen molar-refractivity contribution in [2.24, 2.45) is 0 Å². The summed E-state index contributed by atoms with van der Waals surface area (Å²) in [6.07, 6.45) is 5.07. The maximum Gasteiger partial charge on any atom is 0.261 e. The summed E-state index contributed by atoms with van der Waals surface area (Å²) >= 11 is 3.28. The number of nitrogens with zero attached hydrogens (tertiary/aromatic N) is 2. The number of halogens is 1. The van der Waals surface area contributed by atoms with Gasteiger partial charge in [0.05, 0.1) is 22.6 Å². The van der Waals surface area contributed by atoms with E-state index in [0.717, 1.165) is 10.2 Å². The second-order valence-electron chi connectivity index (χ2n) is 6.58. The first-order chi connectivity index (χ1) is 14.9. The van der Waals surface area contributed by atoms with E-state index in [0.29, 0.717) is 16.9 Å². The number of hydrogen-bond donors (Lipinski definition) is 2. The number of aromatic nitrogens is 2. The summed E-state index contributed by atoms with van der Waals surface area (Å²) in [7, 11) is -3.78. The topological polar surface area (TPSA) is 93.1 Å². The van der Waals surface area contributed by atoms with Crippen LogP contribution in [-0.2, 0) is 10.0 Å². The molecule has 0 atom stereocenters. The third-order valence-corrected chi connectivity index (χ3v) is 6.36. The maximum atomic E-state index is 12.8. The lowest BCUT2D eigenvalue weighted by molar-refractivity contribution is 0.102. The quantitative estimate of drug-likeness (QED) is 0.404. The van der Waals surface area contributed by atoms with Gasteiger partial charge in [-0.25, -0.2) is 13.4 Å². The SMILES string of the molecule is O=C(Nc1ccccc1-n1ccnc1)c1cccc(NS(=O)(=O)c2ccc(Br)cc2)c1. The van der Waals surface area contributed by atoms with Crippen LogP contribution in [0.5, 0.6) is 0 Å². The molecule has 0 saturated heterocycles. The number of carbonyl (C=O) groups excluding carboxylic acids is 1. The van der Waals surface area contributed by atoms with Crippen molar-refractivity contribution in [1.29, 1.82) is 0 Å². The van der Waals surface area contributed by atoms with Gasteiger partial charge < -0.3 is 9.88 Å². The van der Waals surface area contributed by atoms with Crippen molar-refractivity contribution in [3.8, 4) is 5.69 Å². The molecule has 0 saturated carbocycles. The molecular formula is C22H17BrN4O3S. The van der Waals surface area contributed by atoms with E-state index >= 15 is 0 Å². The zero-order valence-corrected chi connectivity index (χ0v) is 18.5. The third kappa shape index (κ3) is 4.84. The number of nitrogens with one attached hydrogen (secondary N) is 2. The van der Waals surface area contributed by atoms with Crippen molar-refractivity contribution in [3.63, 3.8) is 0 Å². The molecule has 31 heavy (non-hydrogen) atoms. The van der Waals surface area contributed by atoms with Gasteiger partial charge >= 0.3 is 0 Å². The first-order valence-corrected chi connectivity index (χ1v) is 11.5. The van der Waals surface area contributed by atoms with Crippen LogP contribution in [0.3, 0.4) is 0 Å². The number of sulfonamides is 1. The van der Waals surface area contributed by atoms with E-state index in [1.165, 1.54) is 18.2 Å². The molecule has 4 rings (SSSR count). The van der Waals surface area contributed by atoms with Gasteiger partial charge in [0.15, 0.2) is 0 Å². The second kappa shape index (κ2) is 8.75. The molecule has 0 aliphatic rings. The van der Waals surface area contributed by atoms with Crippen molar-refractivity contribution in [2.75, 3.05) is 10.0 Å². The highest BCUT2D eigenvalue weighted by Crippen LogP contribution is 2.22. The fourth-order valence-electron chi connectivity index (χ4n) is 2.95. The Morgan fingerprint density at radius 3 is 2.48 bits per heavy atom. The van der Waals surface area contributed by atoms with Gasteiger partial charge in [-0.05, 0) is 54.6 Å². The average molecular weight is 497 g/mol. The molecular weight excluding hydrogens is 480 g/mol. The fraction of sp³-hybridized carbons (Fsp3) is 0. The minimum atomic E-state index is -3.78. The molecule has 0 fully saturated rings. The predicted octanol–water partition coefficient (Wildman–Crippen LogP) is 4.69. The predicted molar refractivity (Wildman–Crippen MR) is 123 cm³/mol. The van der Waals surface area contributed by atoms with E-state index in [1.807, 2.05) is 18.2 Å². The first-order valence-electron chi connectivity index (χ1n) is 9.19. The molecule has 0 aliphatic carbocycles. The van der Waals surface area contributed by atoms with Crippen LogP contribution < -0.4 is 10.0 Å². The highest BCUT2D eigenvalue weighted by atomic mass is 79.9. The van der Waals surface area contributed by atoms with Crippen molar-refractivity contribution in [3.05, 3.63) is 102 Å². The van der Waals surface area contributed by atoms with Gasteiger partial charge in [0.1, 0.15) is 0 Å². The highest BCUT2D eigenvalue weighted by Gasteiger charge is 2.16. The van der Waals surface area contributed by atoms with Crippen molar-refractivity contribution in [2.45, 2.75) is 4.90 Å². The fourth-order valence-corrected chi connectivity index (χ4v) is 4.27. The van der Waals surface area contributed by atoms with Crippen LogP contribution in [-0.4, -0.2) is 23.9 Å². The molecule has 0 spiro atoms. The molecule has 0 unspecified atom stereocenters. The summed E-state index contributed by atoms with van der Waals surface area (Å²) in [6.45, 7) is 0. The molecule has 0 bridgehead atoms. The molecule has 7 nitrogen and oxygen atoms in total. The summed E-state index contributed by atoms with van der Waals surface area (Å²) < 4.78 is 30.3. The molecule has 156 valence electrons. The summed E-state index contributed by atoms with van der Waals surface area (Å²) in [5, 5.41) is 2.87. The normalized spacial score (nSPS) is 11.1. The molecule has 9 heteroatoms. The molecule has 1 heterocycles. The molecule has 2 N–H and O–H groups in total. The lowest BCUT2D eigenvalue weighted by Gasteiger charge is -2.13. The van der Waals surface area contributed by atoms with Crippen molar-refractivity contribution >= 4 is 43.2 Å². The van der Waals surface area contributed by atoms with Crippen LogP contribution >= 0.6 is 15.9 Å². The molecule has 0 aliphatic heterocycles. The van der Waals surface area contributed by atoms with Gasteiger partial charge in [-0.15, -0.1) is 0 Å². The summed E-state index contributed by atoms with van der Waals surface area (Å²) in [6, 6.07) is 19.9. The number of rotatable bonds is 6. The van der Waals surface area contributed by atoms with E-state index in [2.05, 4.69) is 31.0 Å². The van der Waals surface area contributed by atoms with Crippen molar-refractivity contribution in [1.82, 2.24) is 9.55 Å². The van der Waals surface area contributed by atoms with Gasteiger partial charge in [-0.2, -0.15) is 0 Å². The number of benzene rings is 3. The number of imidazole rings is 1. The number of anilines is 2. The zero-order valence-electron chi connectivity index (χ0n) is 16.1. The Hall–Kier alpha value is -3.43. The monoisotopic (exact) mass is 496 g/mol. The van der Waals surface area contributed by atoms with Gasteiger partial charge in [0.2, 0.25) is 0 Å². The van der Waals surface area contributed by atoms with Gasteiger partial charge in [0.25, 0.3) is 15.9 Å². The van der Waals surface area contributed by atoms with Crippen LogP contribution in [0.2, 0.25) is 0 Å². The van der Waals surface area contributed by atoms with Gasteiger partial charge in [0, 0.05) is 28.1 Å². The third-order valence-electron chi connectivity index (χ3n) is 4.44. The Labute approximate surface area is 187 Å². The highest BCUT2D eigenvalue weighted by molar-refractivity contribution is 9.10. The van der Waals surface area contributed by atoms with E-state index in [9.17, 15) is 13.2 Å². The molecule has 4 aromatic rings. The van der Waals surface area contributed by atoms with Crippen molar-refractivity contribution < 1.29 is 13.2 Å².